The van der Waals surface area contributed by atoms with Crippen LogP contribution < -0.4 is 5.32 Å². The van der Waals surface area contributed by atoms with Gasteiger partial charge in [-0.25, -0.2) is 4.52 Å². The molecule has 0 aliphatic carbocycles. The van der Waals surface area contributed by atoms with E-state index in [0.29, 0.717) is 5.95 Å². The van der Waals surface area contributed by atoms with E-state index in [1.807, 2.05) is 32.2 Å². The third-order valence-corrected chi connectivity index (χ3v) is 3.80. The Labute approximate surface area is 114 Å². The molecule has 6 heteroatoms. The minimum Gasteiger partial charge on any atom is -0.394 e. The van der Waals surface area contributed by atoms with Crippen LogP contribution in [0, 0.1) is 0 Å². The first kappa shape index (κ1) is 13.3. The normalized spacial score (nSPS) is 12.0. The molecule has 0 radical (unpaired) electrons. The van der Waals surface area contributed by atoms with E-state index >= 15 is 0 Å². The molecule has 2 N–H and O–H groups in total. The molecule has 0 saturated heterocycles. The van der Waals surface area contributed by atoms with E-state index in [-0.39, 0.29) is 12.1 Å². The SMILES string of the molecule is CCC(CC)(CO)Nc1nc2ccc(Br)cn2n1. The molecule has 0 aliphatic rings. The molecule has 2 aromatic rings. The molecular weight excluding hydrogens is 296 g/mol. The maximum Gasteiger partial charge on any atom is 0.243 e. The van der Waals surface area contributed by atoms with Gasteiger partial charge in [0, 0.05) is 10.7 Å². The molecule has 2 aromatic heterocycles. The first-order chi connectivity index (χ1) is 8.62. The third kappa shape index (κ3) is 2.49. The molecule has 0 aliphatic heterocycles. The number of aliphatic hydroxyl groups is 1. The van der Waals surface area contributed by atoms with Crippen molar-refractivity contribution in [2.24, 2.45) is 0 Å². The summed E-state index contributed by atoms with van der Waals surface area (Å²) in [4.78, 5) is 4.39. The molecule has 0 aromatic carbocycles. The number of pyridine rings is 1. The van der Waals surface area contributed by atoms with Gasteiger partial charge in [0.15, 0.2) is 5.65 Å². The summed E-state index contributed by atoms with van der Waals surface area (Å²) in [5.41, 5.74) is 0.432. The van der Waals surface area contributed by atoms with Crippen LogP contribution in [0.5, 0.6) is 0 Å². The fourth-order valence-corrected chi connectivity index (χ4v) is 2.16. The molecule has 0 amide bonds. The van der Waals surface area contributed by atoms with Crippen LogP contribution in [0.3, 0.4) is 0 Å². The summed E-state index contributed by atoms with van der Waals surface area (Å²) in [5.74, 6) is 0.547. The van der Waals surface area contributed by atoms with Crippen LogP contribution in [0.25, 0.3) is 5.65 Å². The van der Waals surface area contributed by atoms with Crippen LogP contribution >= 0.6 is 15.9 Å². The van der Waals surface area contributed by atoms with Crippen molar-refractivity contribution in [2.75, 3.05) is 11.9 Å². The third-order valence-electron chi connectivity index (χ3n) is 3.33. The molecule has 0 fully saturated rings. The number of rotatable bonds is 5. The summed E-state index contributed by atoms with van der Waals surface area (Å²) < 4.78 is 2.66. The molecular formula is C12H17BrN4O. The molecule has 5 nitrogen and oxygen atoms in total. The summed E-state index contributed by atoms with van der Waals surface area (Å²) in [6.07, 6.45) is 3.49. The highest BCUT2D eigenvalue weighted by Gasteiger charge is 2.26. The molecule has 2 rings (SSSR count). The van der Waals surface area contributed by atoms with Crippen molar-refractivity contribution < 1.29 is 5.11 Å². The molecule has 0 spiro atoms. The lowest BCUT2D eigenvalue weighted by molar-refractivity contribution is 0.201. The number of aromatic nitrogens is 3. The van der Waals surface area contributed by atoms with E-state index in [0.717, 1.165) is 23.0 Å². The van der Waals surface area contributed by atoms with Gasteiger partial charge in [-0.15, -0.1) is 5.10 Å². The van der Waals surface area contributed by atoms with Gasteiger partial charge in [-0.1, -0.05) is 13.8 Å². The average Bonchev–Trinajstić information content (AvgIpc) is 2.77. The van der Waals surface area contributed by atoms with E-state index in [1.54, 1.807) is 4.52 Å². The van der Waals surface area contributed by atoms with Gasteiger partial charge in [-0.3, -0.25) is 0 Å². The van der Waals surface area contributed by atoms with Crippen molar-refractivity contribution in [3.63, 3.8) is 0 Å². The maximum absolute atomic E-state index is 9.52. The number of hydrogen-bond acceptors (Lipinski definition) is 4. The van der Waals surface area contributed by atoms with Crippen LogP contribution in [0.1, 0.15) is 26.7 Å². The summed E-state index contributed by atoms with van der Waals surface area (Å²) in [6.45, 7) is 4.15. The smallest absolute Gasteiger partial charge is 0.243 e. The van der Waals surface area contributed by atoms with Gasteiger partial charge in [0.25, 0.3) is 0 Å². The van der Waals surface area contributed by atoms with Crippen molar-refractivity contribution in [1.82, 2.24) is 14.6 Å². The van der Waals surface area contributed by atoms with Gasteiger partial charge >= 0.3 is 0 Å². The monoisotopic (exact) mass is 312 g/mol. The summed E-state index contributed by atoms with van der Waals surface area (Å²) in [7, 11) is 0. The molecule has 0 unspecified atom stereocenters. The van der Waals surface area contributed by atoms with Gasteiger partial charge in [-0.05, 0) is 40.9 Å². The van der Waals surface area contributed by atoms with Crippen LogP contribution in [-0.2, 0) is 0 Å². The lowest BCUT2D eigenvalue weighted by Gasteiger charge is -2.29. The molecule has 0 atom stereocenters. The standard InChI is InChI=1S/C12H17BrN4O/c1-3-12(4-2,8-18)15-11-14-10-6-5-9(13)7-17(10)16-11/h5-7,18H,3-4,8H2,1-2H3,(H,15,16). The van der Waals surface area contributed by atoms with E-state index < -0.39 is 0 Å². The number of fused-ring (bicyclic) bond motifs is 1. The average molecular weight is 313 g/mol. The van der Waals surface area contributed by atoms with Crippen molar-refractivity contribution >= 4 is 27.5 Å². The molecule has 0 bridgehead atoms. The van der Waals surface area contributed by atoms with Crippen molar-refractivity contribution in [2.45, 2.75) is 32.2 Å². The highest BCUT2D eigenvalue weighted by atomic mass is 79.9. The summed E-state index contributed by atoms with van der Waals surface area (Å²) in [5, 5.41) is 17.1. The van der Waals surface area contributed by atoms with Crippen LogP contribution in [0.2, 0.25) is 0 Å². The van der Waals surface area contributed by atoms with Crippen molar-refractivity contribution in [3.05, 3.63) is 22.8 Å². The lowest BCUT2D eigenvalue weighted by Crippen LogP contribution is -2.41. The number of halogens is 1. The first-order valence-corrected chi connectivity index (χ1v) is 6.83. The zero-order valence-electron chi connectivity index (χ0n) is 10.5. The Morgan fingerprint density at radius 3 is 2.72 bits per heavy atom. The fourth-order valence-electron chi connectivity index (χ4n) is 1.84. The number of nitrogens with zero attached hydrogens (tertiary/aromatic N) is 3. The first-order valence-electron chi connectivity index (χ1n) is 6.03. The van der Waals surface area contributed by atoms with E-state index in [9.17, 15) is 5.11 Å². The Bertz CT molecular complexity index is 528. The highest BCUT2D eigenvalue weighted by Crippen LogP contribution is 2.20. The summed E-state index contributed by atoms with van der Waals surface area (Å²) in [6, 6.07) is 3.81. The molecule has 2 heterocycles. The van der Waals surface area contributed by atoms with Crippen molar-refractivity contribution in [1.29, 1.82) is 0 Å². The highest BCUT2D eigenvalue weighted by molar-refractivity contribution is 9.10. The Kier molecular flexibility index (Phi) is 3.87. The largest absolute Gasteiger partial charge is 0.394 e. The van der Waals surface area contributed by atoms with Crippen molar-refractivity contribution in [3.8, 4) is 0 Å². The van der Waals surface area contributed by atoms with Gasteiger partial charge in [0.1, 0.15) is 0 Å². The van der Waals surface area contributed by atoms with Gasteiger partial charge in [-0.2, -0.15) is 4.98 Å². The van der Waals surface area contributed by atoms with Gasteiger partial charge < -0.3 is 10.4 Å². The zero-order chi connectivity index (χ0) is 13.2. The van der Waals surface area contributed by atoms with Crippen LogP contribution in [-0.4, -0.2) is 31.9 Å². The number of aliphatic hydroxyl groups excluding tert-OH is 1. The minimum absolute atomic E-state index is 0.0687. The predicted octanol–water partition coefficient (Wildman–Crippen LogP) is 2.45. The number of anilines is 1. The Balaban J connectivity index is 2.31. The zero-order valence-corrected chi connectivity index (χ0v) is 12.1. The lowest BCUT2D eigenvalue weighted by atomic mass is 9.94. The number of hydrogen-bond donors (Lipinski definition) is 2. The predicted molar refractivity (Wildman–Crippen MR) is 74.7 cm³/mol. The molecule has 18 heavy (non-hydrogen) atoms. The second-order valence-electron chi connectivity index (χ2n) is 4.36. The summed E-state index contributed by atoms with van der Waals surface area (Å²) >= 11 is 3.40. The van der Waals surface area contributed by atoms with Crippen LogP contribution in [0.15, 0.2) is 22.8 Å². The second kappa shape index (κ2) is 5.24. The maximum atomic E-state index is 9.52. The van der Waals surface area contributed by atoms with E-state index in [1.165, 1.54) is 0 Å². The minimum atomic E-state index is -0.345. The molecule has 98 valence electrons. The Morgan fingerprint density at radius 2 is 2.11 bits per heavy atom. The quantitative estimate of drug-likeness (QED) is 0.890. The topological polar surface area (TPSA) is 62.5 Å². The Hall–Kier alpha value is -1.14. The second-order valence-corrected chi connectivity index (χ2v) is 5.27. The number of nitrogens with one attached hydrogen (secondary N) is 1. The van der Waals surface area contributed by atoms with E-state index in [4.69, 9.17) is 0 Å². The Morgan fingerprint density at radius 1 is 1.39 bits per heavy atom. The van der Waals surface area contributed by atoms with Crippen LogP contribution in [0.4, 0.5) is 5.95 Å². The van der Waals surface area contributed by atoms with E-state index in [2.05, 4.69) is 31.3 Å². The van der Waals surface area contributed by atoms with Gasteiger partial charge in [0.05, 0.1) is 12.1 Å². The molecule has 0 saturated carbocycles. The fraction of sp³-hybridized carbons (Fsp3) is 0.500. The van der Waals surface area contributed by atoms with Gasteiger partial charge in [0.2, 0.25) is 5.95 Å².